The highest BCUT2D eigenvalue weighted by Gasteiger charge is 2.26. The second kappa shape index (κ2) is 6.17. The lowest BCUT2D eigenvalue weighted by atomic mass is 10.1. The van der Waals surface area contributed by atoms with E-state index in [0.717, 1.165) is 5.56 Å². The van der Waals surface area contributed by atoms with E-state index < -0.39 is 6.10 Å². The van der Waals surface area contributed by atoms with Gasteiger partial charge in [-0.15, -0.1) is 10.2 Å². The molecule has 1 aliphatic rings. The third kappa shape index (κ3) is 2.74. The fraction of sp³-hybridized carbons (Fsp3) is 0.158. The highest BCUT2D eigenvalue weighted by Crippen LogP contribution is 2.36. The minimum atomic E-state index is -0.395. The largest absolute Gasteiger partial charge is 0.485 e. The Morgan fingerprint density at radius 2 is 1.85 bits per heavy atom. The number of nitrogens with zero attached hydrogens (tertiary/aromatic N) is 4. The summed E-state index contributed by atoms with van der Waals surface area (Å²) in [4.78, 5) is 13.3. The van der Waals surface area contributed by atoms with Gasteiger partial charge >= 0.3 is 5.56 Å². The van der Waals surface area contributed by atoms with Crippen molar-refractivity contribution in [1.82, 2.24) is 19.8 Å². The van der Waals surface area contributed by atoms with Gasteiger partial charge in [-0.1, -0.05) is 53.3 Å². The van der Waals surface area contributed by atoms with Crippen molar-refractivity contribution in [1.29, 1.82) is 0 Å². The Hall–Kier alpha value is -3.26. The molecule has 27 heavy (non-hydrogen) atoms. The van der Waals surface area contributed by atoms with Crippen LogP contribution in [-0.4, -0.2) is 26.4 Å². The van der Waals surface area contributed by atoms with Crippen molar-refractivity contribution in [2.24, 2.45) is 0 Å². The first-order chi connectivity index (χ1) is 13.2. The molecule has 0 saturated heterocycles. The van der Waals surface area contributed by atoms with E-state index in [9.17, 15) is 4.79 Å². The zero-order valence-electron chi connectivity index (χ0n) is 14.3. The van der Waals surface area contributed by atoms with E-state index in [1.165, 1.54) is 15.9 Å². The van der Waals surface area contributed by atoms with Crippen molar-refractivity contribution >= 4 is 16.3 Å². The molecule has 1 atom stereocenters. The molecule has 134 valence electrons. The standard InChI is InChI=1S/C19H14N4O3S/c1-11-6-8-12(9-7-11)16-18(24)23-19(21-20-16)27-17(22-23)15-10-25-13-4-2-3-5-14(13)26-15/h2-9,15H,10H2,1H3. The number of aromatic nitrogens is 4. The van der Waals surface area contributed by atoms with Crippen LogP contribution in [0.25, 0.3) is 16.2 Å². The summed E-state index contributed by atoms with van der Waals surface area (Å²) in [6.07, 6.45) is -0.395. The van der Waals surface area contributed by atoms with E-state index in [4.69, 9.17) is 9.47 Å². The highest BCUT2D eigenvalue weighted by atomic mass is 32.1. The van der Waals surface area contributed by atoms with Gasteiger partial charge in [0.2, 0.25) is 4.96 Å². The molecular formula is C19H14N4O3S. The van der Waals surface area contributed by atoms with Gasteiger partial charge in [0.25, 0.3) is 0 Å². The normalized spacial score (nSPS) is 15.8. The van der Waals surface area contributed by atoms with Gasteiger partial charge in [-0.05, 0) is 19.1 Å². The van der Waals surface area contributed by atoms with Crippen molar-refractivity contribution in [2.45, 2.75) is 13.0 Å². The number of aryl methyl sites for hydroxylation is 1. The zero-order valence-corrected chi connectivity index (χ0v) is 15.1. The predicted octanol–water partition coefficient (Wildman–Crippen LogP) is 3.03. The van der Waals surface area contributed by atoms with Crippen molar-refractivity contribution in [2.75, 3.05) is 6.61 Å². The molecule has 8 heteroatoms. The average molecular weight is 378 g/mol. The topological polar surface area (TPSA) is 78.6 Å². The quantitative estimate of drug-likeness (QED) is 0.533. The van der Waals surface area contributed by atoms with E-state index in [2.05, 4.69) is 15.3 Å². The number of hydrogen-bond donors (Lipinski definition) is 0. The molecule has 2 aromatic heterocycles. The lowest BCUT2D eigenvalue weighted by Gasteiger charge is -2.24. The fourth-order valence-electron chi connectivity index (χ4n) is 2.89. The second-order valence-corrected chi connectivity index (χ2v) is 7.21. The molecule has 0 aliphatic carbocycles. The van der Waals surface area contributed by atoms with Crippen molar-refractivity contribution in [3.8, 4) is 22.8 Å². The molecule has 1 aliphatic heterocycles. The number of hydrogen-bond acceptors (Lipinski definition) is 7. The SMILES string of the molecule is Cc1ccc(-c2nnc3sc(C4COc5ccccc5O4)nn3c2=O)cc1. The summed E-state index contributed by atoms with van der Waals surface area (Å²) in [7, 11) is 0. The number of benzene rings is 2. The molecule has 7 nitrogen and oxygen atoms in total. The second-order valence-electron chi connectivity index (χ2n) is 6.22. The molecule has 0 radical (unpaired) electrons. The van der Waals surface area contributed by atoms with E-state index >= 15 is 0 Å². The maximum atomic E-state index is 12.8. The predicted molar refractivity (Wildman–Crippen MR) is 100 cm³/mol. The summed E-state index contributed by atoms with van der Waals surface area (Å²) in [5.74, 6) is 1.36. The van der Waals surface area contributed by atoms with Crippen LogP contribution < -0.4 is 15.0 Å². The smallest absolute Gasteiger partial charge is 0.302 e. The van der Waals surface area contributed by atoms with E-state index in [1.807, 2.05) is 55.5 Å². The van der Waals surface area contributed by atoms with Crippen LogP contribution in [0.5, 0.6) is 11.5 Å². The van der Waals surface area contributed by atoms with Crippen LogP contribution in [0.2, 0.25) is 0 Å². The Kier molecular flexibility index (Phi) is 3.64. The third-order valence-electron chi connectivity index (χ3n) is 4.32. The summed E-state index contributed by atoms with van der Waals surface area (Å²) in [6.45, 7) is 2.31. The highest BCUT2D eigenvalue weighted by molar-refractivity contribution is 7.16. The molecular weight excluding hydrogens is 364 g/mol. The van der Waals surface area contributed by atoms with Gasteiger partial charge < -0.3 is 9.47 Å². The van der Waals surface area contributed by atoms with Crippen LogP contribution in [0.15, 0.2) is 53.3 Å². The van der Waals surface area contributed by atoms with Crippen LogP contribution in [0, 0.1) is 6.92 Å². The number of ether oxygens (including phenoxy) is 2. The minimum Gasteiger partial charge on any atom is -0.485 e. The van der Waals surface area contributed by atoms with Crippen LogP contribution in [0.3, 0.4) is 0 Å². The van der Waals surface area contributed by atoms with Gasteiger partial charge in [0, 0.05) is 5.56 Å². The van der Waals surface area contributed by atoms with Crippen molar-refractivity contribution in [3.05, 3.63) is 69.5 Å². The molecule has 3 heterocycles. The fourth-order valence-corrected chi connectivity index (χ4v) is 3.74. The van der Waals surface area contributed by atoms with Crippen LogP contribution >= 0.6 is 11.3 Å². The molecule has 0 saturated carbocycles. The Morgan fingerprint density at radius 1 is 1.07 bits per heavy atom. The monoisotopic (exact) mass is 378 g/mol. The van der Waals surface area contributed by atoms with Crippen LogP contribution in [0.1, 0.15) is 16.7 Å². The van der Waals surface area contributed by atoms with Crippen molar-refractivity contribution in [3.63, 3.8) is 0 Å². The zero-order chi connectivity index (χ0) is 18.4. The van der Waals surface area contributed by atoms with E-state index in [0.29, 0.717) is 33.6 Å². The molecule has 0 N–H and O–H groups in total. The van der Waals surface area contributed by atoms with Gasteiger partial charge in [-0.25, -0.2) is 0 Å². The number of para-hydroxylation sites is 2. The lowest BCUT2D eigenvalue weighted by Crippen LogP contribution is -2.23. The Bertz CT molecular complexity index is 1200. The summed E-state index contributed by atoms with van der Waals surface area (Å²) in [6, 6.07) is 15.1. The van der Waals surface area contributed by atoms with Crippen molar-refractivity contribution < 1.29 is 9.47 Å². The van der Waals surface area contributed by atoms with Gasteiger partial charge in [0.15, 0.2) is 28.3 Å². The summed E-state index contributed by atoms with van der Waals surface area (Å²) in [5.41, 5.74) is 1.80. The first-order valence-electron chi connectivity index (χ1n) is 8.41. The third-order valence-corrected chi connectivity index (χ3v) is 5.31. The van der Waals surface area contributed by atoms with Gasteiger partial charge in [-0.2, -0.15) is 9.61 Å². The summed E-state index contributed by atoms with van der Waals surface area (Å²) in [5, 5.41) is 13.3. The maximum Gasteiger partial charge on any atom is 0.302 e. The van der Waals surface area contributed by atoms with Crippen LogP contribution in [-0.2, 0) is 0 Å². The van der Waals surface area contributed by atoms with E-state index in [-0.39, 0.29) is 11.3 Å². The Labute approximate surface area is 157 Å². The molecule has 5 rings (SSSR count). The average Bonchev–Trinajstić information content (AvgIpc) is 3.14. The molecule has 0 spiro atoms. The number of fused-ring (bicyclic) bond motifs is 2. The van der Waals surface area contributed by atoms with Gasteiger partial charge in [0.1, 0.15) is 6.61 Å². The Balaban J connectivity index is 1.54. The number of rotatable bonds is 2. The van der Waals surface area contributed by atoms with E-state index in [1.54, 1.807) is 0 Å². The van der Waals surface area contributed by atoms with Crippen LogP contribution in [0.4, 0.5) is 0 Å². The molecule has 1 unspecified atom stereocenters. The lowest BCUT2D eigenvalue weighted by molar-refractivity contribution is 0.0904. The first kappa shape index (κ1) is 16.0. The minimum absolute atomic E-state index is 0.274. The molecule has 0 bridgehead atoms. The van der Waals surface area contributed by atoms with Gasteiger partial charge in [-0.3, -0.25) is 4.79 Å². The summed E-state index contributed by atoms with van der Waals surface area (Å²) < 4.78 is 13.0. The van der Waals surface area contributed by atoms with Gasteiger partial charge in [0.05, 0.1) is 0 Å². The maximum absolute atomic E-state index is 12.8. The molecule has 4 aromatic rings. The molecule has 2 aromatic carbocycles. The first-order valence-corrected chi connectivity index (χ1v) is 9.23. The molecule has 0 amide bonds. The Morgan fingerprint density at radius 3 is 2.67 bits per heavy atom. The molecule has 0 fully saturated rings. The summed E-state index contributed by atoms with van der Waals surface area (Å²) >= 11 is 1.27.